The zero-order valence-corrected chi connectivity index (χ0v) is 18.0. The summed E-state index contributed by atoms with van der Waals surface area (Å²) in [5.74, 6) is 2.30. The van der Waals surface area contributed by atoms with Crippen LogP contribution in [-0.2, 0) is 16.1 Å². The van der Waals surface area contributed by atoms with Crippen molar-refractivity contribution in [2.45, 2.75) is 17.8 Å². The molecule has 0 radical (unpaired) electrons. The summed E-state index contributed by atoms with van der Waals surface area (Å²) in [4.78, 5) is 12.4. The van der Waals surface area contributed by atoms with Crippen molar-refractivity contribution in [3.63, 3.8) is 0 Å². The lowest BCUT2D eigenvalue weighted by atomic mass is 10.2. The first-order valence-corrected chi connectivity index (χ1v) is 11.0. The monoisotopic (exact) mass is 440 g/mol. The molecule has 1 atom stereocenters. The van der Waals surface area contributed by atoms with Crippen LogP contribution in [-0.4, -0.2) is 59.4 Å². The van der Waals surface area contributed by atoms with Crippen LogP contribution in [0, 0.1) is 0 Å². The van der Waals surface area contributed by atoms with Crippen molar-refractivity contribution in [1.29, 1.82) is 0 Å². The normalized spacial score (nSPS) is 14.9. The maximum atomic E-state index is 12.4. The molecule has 0 unspecified atom stereocenters. The predicted molar refractivity (Wildman–Crippen MR) is 117 cm³/mol. The van der Waals surface area contributed by atoms with Crippen molar-refractivity contribution < 1.29 is 19.0 Å². The topological polar surface area (TPSA) is 87.5 Å². The molecule has 8 nitrogen and oxygen atoms in total. The summed E-state index contributed by atoms with van der Waals surface area (Å²) in [5, 5.41) is 12.2. The van der Waals surface area contributed by atoms with Crippen LogP contribution >= 0.6 is 11.8 Å². The molecule has 2 heterocycles. The molecule has 1 N–H and O–H groups in total. The summed E-state index contributed by atoms with van der Waals surface area (Å²) in [5.41, 5.74) is 0.970. The van der Waals surface area contributed by atoms with E-state index in [2.05, 4.69) is 15.5 Å². The van der Waals surface area contributed by atoms with Gasteiger partial charge in [-0.25, -0.2) is 0 Å². The minimum absolute atomic E-state index is 0.102. The van der Waals surface area contributed by atoms with Gasteiger partial charge >= 0.3 is 0 Å². The Morgan fingerprint density at radius 1 is 1.16 bits per heavy atom. The van der Waals surface area contributed by atoms with Crippen LogP contribution in [0.15, 0.2) is 59.8 Å². The predicted octanol–water partition coefficient (Wildman–Crippen LogP) is 2.64. The first-order chi connectivity index (χ1) is 15.2. The van der Waals surface area contributed by atoms with Crippen LogP contribution in [0.3, 0.4) is 0 Å². The molecule has 9 heteroatoms. The molecule has 162 valence electrons. The quantitative estimate of drug-likeness (QED) is 0.512. The molecule has 0 fully saturated rings. The number of methoxy groups -OCH3 is 1. The summed E-state index contributed by atoms with van der Waals surface area (Å²) in [6.07, 6.45) is -0.223. The van der Waals surface area contributed by atoms with E-state index in [1.165, 1.54) is 11.8 Å². The molecule has 1 amide bonds. The fraction of sp³-hybridized carbons (Fsp3) is 0.318. The van der Waals surface area contributed by atoms with Gasteiger partial charge in [-0.3, -0.25) is 9.36 Å². The average Bonchev–Trinajstić information content (AvgIpc) is 3.23. The van der Waals surface area contributed by atoms with E-state index in [4.69, 9.17) is 14.2 Å². The second-order valence-electron chi connectivity index (χ2n) is 6.91. The Labute approximate surface area is 184 Å². The molecule has 0 bridgehead atoms. The Balaban J connectivity index is 1.32. The number of hydrogen-bond donors (Lipinski definition) is 1. The molecule has 0 spiro atoms. The number of fused-ring (bicyclic) bond motifs is 1. The third-order valence-corrected chi connectivity index (χ3v) is 5.66. The molecule has 4 rings (SSSR count). The molecule has 1 aliphatic rings. The van der Waals surface area contributed by atoms with E-state index in [0.717, 1.165) is 17.1 Å². The smallest absolute Gasteiger partial charge is 0.230 e. The number of carbonyl (C=O) groups is 1. The number of amides is 1. The number of aromatic nitrogens is 3. The molecule has 2 aromatic carbocycles. The lowest BCUT2D eigenvalue weighted by Crippen LogP contribution is -2.41. The number of ether oxygens (including phenoxy) is 3. The van der Waals surface area contributed by atoms with Crippen LogP contribution in [0.2, 0.25) is 0 Å². The van der Waals surface area contributed by atoms with Crippen molar-refractivity contribution >= 4 is 17.7 Å². The van der Waals surface area contributed by atoms with Gasteiger partial charge in [-0.15, -0.1) is 10.2 Å². The lowest BCUT2D eigenvalue weighted by Gasteiger charge is -2.26. The standard InChI is InChI=1S/C22H24N4O4S/c1-28-12-11-26-21(16-7-3-2-4-8-16)24-25-22(26)31-15-20(27)23-13-17-14-29-18-9-5-6-10-19(18)30-17/h2-10,17H,11-15H2,1H3,(H,23,27)/t17-/m1/s1. The summed E-state index contributed by atoms with van der Waals surface area (Å²) < 4.78 is 18.8. The number of benzene rings is 2. The van der Waals surface area contributed by atoms with Crippen LogP contribution in [0.25, 0.3) is 11.4 Å². The zero-order valence-electron chi connectivity index (χ0n) is 17.2. The second kappa shape index (κ2) is 10.3. The lowest BCUT2D eigenvalue weighted by molar-refractivity contribution is -0.119. The van der Waals surface area contributed by atoms with Gasteiger partial charge in [0.25, 0.3) is 0 Å². The average molecular weight is 441 g/mol. The first kappa shape index (κ1) is 21.2. The summed E-state index contributed by atoms with van der Waals surface area (Å²) in [6.45, 7) is 1.90. The highest BCUT2D eigenvalue weighted by molar-refractivity contribution is 7.99. The Bertz CT molecular complexity index is 1010. The van der Waals surface area contributed by atoms with Gasteiger partial charge in [0.15, 0.2) is 22.5 Å². The van der Waals surface area contributed by atoms with Crippen LogP contribution < -0.4 is 14.8 Å². The van der Waals surface area contributed by atoms with Crippen molar-refractivity contribution in [3.8, 4) is 22.9 Å². The van der Waals surface area contributed by atoms with Crippen molar-refractivity contribution in [1.82, 2.24) is 20.1 Å². The number of nitrogens with one attached hydrogen (secondary N) is 1. The number of hydrogen-bond acceptors (Lipinski definition) is 7. The van der Waals surface area contributed by atoms with Gasteiger partial charge < -0.3 is 19.5 Å². The van der Waals surface area contributed by atoms with Crippen molar-refractivity contribution in [2.24, 2.45) is 0 Å². The SMILES string of the molecule is COCCn1c(SCC(=O)NC[C@@H]2COc3ccccc3O2)nnc1-c1ccccc1. The molecular formula is C22H24N4O4S. The van der Waals surface area contributed by atoms with E-state index < -0.39 is 0 Å². The second-order valence-corrected chi connectivity index (χ2v) is 7.85. The maximum absolute atomic E-state index is 12.4. The zero-order chi connectivity index (χ0) is 21.5. The molecule has 0 aliphatic carbocycles. The number of thioether (sulfide) groups is 1. The molecular weight excluding hydrogens is 416 g/mol. The summed E-state index contributed by atoms with van der Waals surface area (Å²) in [7, 11) is 1.66. The van der Waals surface area contributed by atoms with Crippen molar-refractivity contribution in [3.05, 3.63) is 54.6 Å². The van der Waals surface area contributed by atoms with Gasteiger partial charge in [0.2, 0.25) is 5.91 Å². The number of carbonyl (C=O) groups excluding carboxylic acids is 1. The van der Waals surface area contributed by atoms with E-state index in [9.17, 15) is 4.79 Å². The molecule has 0 saturated carbocycles. The van der Waals surface area contributed by atoms with Crippen molar-refractivity contribution in [2.75, 3.05) is 32.6 Å². The summed E-state index contributed by atoms with van der Waals surface area (Å²) in [6, 6.07) is 17.4. The fourth-order valence-corrected chi connectivity index (χ4v) is 3.95. The van der Waals surface area contributed by atoms with E-state index in [1.807, 2.05) is 59.2 Å². The van der Waals surface area contributed by atoms with Gasteiger partial charge in [0.05, 0.1) is 25.4 Å². The molecule has 3 aromatic rings. The van der Waals surface area contributed by atoms with E-state index in [0.29, 0.717) is 37.2 Å². The third kappa shape index (κ3) is 5.36. The van der Waals surface area contributed by atoms with Gasteiger partial charge in [-0.05, 0) is 12.1 Å². The minimum atomic E-state index is -0.223. The highest BCUT2D eigenvalue weighted by Gasteiger charge is 2.21. The van der Waals surface area contributed by atoms with Crippen LogP contribution in [0.5, 0.6) is 11.5 Å². The molecule has 1 aliphatic heterocycles. The van der Waals surface area contributed by atoms with Gasteiger partial charge in [0.1, 0.15) is 12.7 Å². The third-order valence-electron chi connectivity index (χ3n) is 4.69. The Kier molecular flexibility index (Phi) is 7.06. The maximum Gasteiger partial charge on any atom is 0.230 e. The van der Waals surface area contributed by atoms with E-state index in [-0.39, 0.29) is 17.8 Å². The largest absolute Gasteiger partial charge is 0.486 e. The first-order valence-electron chi connectivity index (χ1n) is 10.00. The van der Waals surface area contributed by atoms with Gasteiger partial charge in [-0.1, -0.05) is 54.2 Å². The number of nitrogens with zero attached hydrogens (tertiary/aromatic N) is 3. The number of para-hydroxylation sites is 2. The van der Waals surface area contributed by atoms with E-state index >= 15 is 0 Å². The van der Waals surface area contributed by atoms with Gasteiger partial charge in [-0.2, -0.15) is 0 Å². The Hall–Kier alpha value is -3.04. The molecule has 1 aromatic heterocycles. The Morgan fingerprint density at radius 2 is 1.94 bits per heavy atom. The highest BCUT2D eigenvalue weighted by atomic mass is 32.2. The van der Waals surface area contributed by atoms with Crippen LogP contribution in [0.4, 0.5) is 0 Å². The molecule has 31 heavy (non-hydrogen) atoms. The Morgan fingerprint density at radius 3 is 2.74 bits per heavy atom. The highest BCUT2D eigenvalue weighted by Crippen LogP contribution is 2.30. The summed E-state index contributed by atoms with van der Waals surface area (Å²) >= 11 is 1.35. The molecule has 0 saturated heterocycles. The minimum Gasteiger partial charge on any atom is -0.486 e. The van der Waals surface area contributed by atoms with Gasteiger partial charge in [0, 0.05) is 12.7 Å². The van der Waals surface area contributed by atoms with E-state index in [1.54, 1.807) is 7.11 Å². The number of rotatable bonds is 9. The fourth-order valence-electron chi connectivity index (χ4n) is 3.15. The van der Waals surface area contributed by atoms with Crippen LogP contribution in [0.1, 0.15) is 0 Å².